The normalized spacial score (nSPS) is 15.0. The Morgan fingerprint density at radius 3 is 2.52 bits per heavy atom. The van der Waals surface area contributed by atoms with Crippen LogP contribution in [-0.4, -0.2) is 80.7 Å². The van der Waals surface area contributed by atoms with E-state index < -0.39 is 20.0 Å². The lowest BCUT2D eigenvalue weighted by molar-refractivity contribution is -0.870. The molecule has 9 nitrogen and oxygen atoms in total. The minimum Gasteiger partial charge on any atom is -0.447 e. The van der Waals surface area contributed by atoms with Crippen LogP contribution >= 0.6 is 7.82 Å². The highest BCUT2D eigenvalue weighted by Crippen LogP contribution is 2.43. The van der Waals surface area contributed by atoms with Crippen molar-refractivity contribution in [3.05, 3.63) is 0 Å². The van der Waals surface area contributed by atoms with Gasteiger partial charge in [-0.15, -0.1) is 6.42 Å². The van der Waals surface area contributed by atoms with E-state index in [1.807, 2.05) is 21.1 Å². The molecule has 0 bridgehead atoms. The molecule has 0 aromatic heterocycles. The fourth-order valence-electron chi connectivity index (χ4n) is 1.56. The van der Waals surface area contributed by atoms with E-state index in [2.05, 4.69) is 11.2 Å². The summed E-state index contributed by atoms with van der Waals surface area (Å²) in [6, 6.07) is 0. The average molecular weight is 381 g/mol. The summed E-state index contributed by atoms with van der Waals surface area (Å²) >= 11 is 0. The SMILES string of the molecule is C#CCNC(=O)OCC(O)CCCCOP(=O)(O)OCC[N+](C)(C)C. The van der Waals surface area contributed by atoms with Gasteiger partial charge in [0.05, 0.1) is 40.4 Å². The van der Waals surface area contributed by atoms with Crippen molar-refractivity contribution in [3.63, 3.8) is 0 Å². The van der Waals surface area contributed by atoms with Crippen molar-refractivity contribution in [3.8, 4) is 12.3 Å². The van der Waals surface area contributed by atoms with Gasteiger partial charge in [0.2, 0.25) is 0 Å². The van der Waals surface area contributed by atoms with Crippen LogP contribution < -0.4 is 5.32 Å². The molecule has 1 amide bonds. The topological polar surface area (TPSA) is 114 Å². The number of hydrogen-bond donors (Lipinski definition) is 3. The molecule has 2 atom stereocenters. The fourth-order valence-corrected chi connectivity index (χ4v) is 2.31. The molecule has 3 N–H and O–H groups in total. The molecule has 0 fully saturated rings. The van der Waals surface area contributed by atoms with Gasteiger partial charge in [-0.05, 0) is 19.3 Å². The number of aliphatic hydroxyl groups excluding tert-OH is 1. The first-order chi connectivity index (χ1) is 11.6. The first-order valence-electron chi connectivity index (χ1n) is 8.00. The summed E-state index contributed by atoms with van der Waals surface area (Å²) < 4.78 is 26.7. The van der Waals surface area contributed by atoms with Crippen LogP contribution in [0.5, 0.6) is 0 Å². The summed E-state index contributed by atoms with van der Waals surface area (Å²) in [5.74, 6) is 2.22. The third-order valence-corrected chi connectivity index (χ3v) is 3.96. The van der Waals surface area contributed by atoms with Crippen molar-refractivity contribution in [2.45, 2.75) is 25.4 Å². The minimum atomic E-state index is -4.05. The van der Waals surface area contributed by atoms with E-state index in [0.29, 0.717) is 30.3 Å². The summed E-state index contributed by atoms with van der Waals surface area (Å²) in [6.45, 7) is 0.646. The molecular weight excluding hydrogens is 351 g/mol. The number of phosphoric acid groups is 1. The Kier molecular flexibility index (Phi) is 11.7. The maximum absolute atomic E-state index is 11.6. The second-order valence-corrected chi connectivity index (χ2v) is 7.91. The van der Waals surface area contributed by atoms with Crippen LogP contribution in [0.1, 0.15) is 19.3 Å². The first kappa shape index (κ1) is 23.9. The second-order valence-electron chi connectivity index (χ2n) is 6.45. The third kappa shape index (κ3) is 16.1. The van der Waals surface area contributed by atoms with Crippen molar-refractivity contribution in [1.82, 2.24) is 5.32 Å². The van der Waals surface area contributed by atoms with E-state index >= 15 is 0 Å². The summed E-state index contributed by atoms with van der Waals surface area (Å²) in [6.07, 6.45) is 4.83. The van der Waals surface area contributed by atoms with Gasteiger partial charge in [0.15, 0.2) is 0 Å². The molecule has 0 rings (SSSR count). The number of rotatable bonds is 13. The molecule has 0 aliphatic rings. The molecule has 146 valence electrons. The second kappa shape index (κ2) is 12.3. The maximum atomic E-state index is 11.6. The number of amides is 1. The number of carbonyl (C=O) groups is 1. The molecule has 0 aliphatic heterocycles. The molecule has 10 heteroatoms. The van der Waals surface area contributed by atoms with E-state index in [-0.39, 0.29) is 26.4 Å². The van der Waals surface area contributed by atoms with Crippen LogP contribution in [0.25, 0.3) is 0 Å². The van der Waals surface area contributed by atoms with Gasteiger partial charge < -0.3 is 24.5 Å². The number of nitrogens with zero attached hydrogens (tertiary/aromatic N) is 1. The van der Waals surface area contributed by atoms with E-state index in [4.69, 9.17) is 20.2 Å². The van der Waals surface area contributed by atoms with Gasteiger partial charge in [-0.3, -0.25) is 9.05 Å². The number of nitrogens with one attached hydrogen (secondary N) is 1. The molecule has 0 heterocycles. The number of terminal acetylenes is 1. The number of quaternary nitrogens is 1. The Morgan fingerprint density at radius 1 is 1.28 bits per heavy atom. The van der Waals surface area contributed by atoms with Crippen molar-refractivity contribution in [2.75, 3.05) is 54.1 Å². The molecule has 0 aliphatic carbocycles. The number of aliphatic hydroxyl groups is 1. The Balaban J connectivity index is 3.71. The lowest BCUT2D eigenvalue weighted by Crippen LogP contribution is -2.37. The smallest absolute Gasteiger partial charge is 0.447 e. The highest BCUT2D eigenvalue weighted by atomic mass is 31.2. The highest BCUT2D eigenvalue weighted by molar-refractivity contribution is 7.47. The van der Waals surface area contributed by atoms with Crippen molar-refractivity contribution >= 4 is 13.9 Å². The molecule has 0 spiro atoms. The Morgan fingerprint density at radius 2 is 1.92 bits per heavy atom. The zero-order chi connectivity index (χ0) is 19.3. The van der Waals surface area contributed by atoms with Gasteiger partial charge in [-0.1, -0.05) is 5.92 Å². The van der Waals surface area contributed by atoms with Crippen LogP contribution in [0.2, 0.25) is 0 Å². The van der Waals surface area contributed by atoms with E-state index in [1.54, 1.807) is 0 Å². The fraction of sp³-hybridized carbons (Fsp3) is 0.800. The minimum absolute atomic E-state index is 0.0361. The van der Waals surface area contributed by atoms with Gasteiger partial charge in [-0.2, -0.15) is 0 Å². The number of phosphoric ester groups is 1. The molecule has 0 saturated heterocycles. The molecule has 0 aromatic carbocycles. The van der Waals surface area contributed by atoms with Crippen molar-refractivity contribution in [1.29, 1.82) is 0 Å². The molecule has 25 heavy (non-hydrogen) atoms. The summed E-state index contributed by atoms with van der Waals surface area (Å²) in [7, 11) is 1.79. The van der Waals surface area contributed by atoms with Crippen LogP contribution in [-0.2, 0) is 18.3 Å². The standard InChI is InChI=1S/C15H29N2O7P/c1-5-9-16-15(19)22-13-14(18)8-6-7-11-23-25(20,21)24-12-10-17(2,3)4/h1,14,18H,6-13H2,2-4H3,(H-,16,19,20,21)/p+1. The predicted octanol–water partition coefficient (Wildman–Crippen LogP) is 0.717. The lowest BCUT2D eigenvalue weighted by Gasteiger charge is -2.24. The monoisotopic (exact) mass is 381 g/mol. The number of ether oxygens (including phenoxy) is 1. The van der Waals surface area contributed by atoms with Crippen LogP contribution in [0.4, 0.5) is 4.79 Å². The Labute approximate surface area is 149 Å². The van der Waals surface area contributed by atoms with Gasteiger partial charge in [-0.25, -0.2) is 9.36 Å². The number of hydrogen-bond acceptors (Lipinski definition) is 6. The molecular formula is C15H30N2O7P+. The summed E-state index contributed by atoms with van der Waals surface area (Å²) in [5.41, 5.74) is 0. The van der Waals surface area contributed by atoms with Crippen molar-refractivity contribution in [2.24, 2.45) is 0 Å². The van der Waals surface area contributed by atoms with E-state index in [1.165, 1.54) is 0 Å². The molecule has 2 unspecified atom stereocenters. The van der Waals surface area contributed by atoms with Gasteiger partial charge >= 0.3 is 13.9 Å². The van der Waals surface area contributed by atoms with Gasteiger partial charge in [0, 0.05) is 0 Å². The zero-order valence-corrected chi connectivity index (χ0v) is 16.0. The van der Waals surface area contributed by atoms with Crippen molar-refractivity contribution < 1.29 is 37.6 Å². The predicted molar refractivity (Wildman–Crippen MR) is 92.7 cm³/mol. The number of carbonyl (C=O) groups excluding carboxylic acids is 1. The largest absolute Gasteiger partial charge is 0.472 e. The number of unbranched alkanes of at least 4 members (excludes halogenated alkanes) is 1. The average Bonchev–Trinajstić information content (AvgIpc) is 2.48. The molecule has 0 saturated carbocycles. The summed E-state index contributed by atoms with van der Waals surface area (Å²) in [5, 5.41) is 12.0. The number of likely N-dealkylation sites (N-methyl/N-ethyl adjacent to an activating group) is 1. The van der Waals surface area contributed by atoms with Gasteiger partial charge in [0.1, 0.15) is 19.8 Å². The quantitative estimate of drug-likeness (QED) is 0.186. The Hall–Kier alpha value is -1.14. The first-order valence-corrected chi connectivity index (χ1v) is 9.50. The molecule has 0 radical (unpaired) electrons. The highest BCUT2D eigenvalue weighted by Gasteiger charge is 2.22. The third-order valence-electron chi connectivity index (χ3n) is 2.94. The lowest BCUT2D eigenvalue weighted by atomic mass is 10.2. The summed E-state index contributed by atoms with van der Waals surface area (Å²) in [4.78, 5) is 20.6. The van der Waals surface area contributed by atoms with Crippen LogP contribution in [0.15, 0.2) is 0 Å². The van der Waals surface area contributed by atoms with Crippen LogP contribution in [0, 0.1) is 12.3 Å². The van der Waals surface area contributed by atoms with E-state index in [0.717, 1.165) is 0 Å². The van der Waals surface area contributed by atoms with E-state index in [9.17, 15) is 19.4 Å². The zero-order valence-electron chi connectivity index (χ0n) is 15.1. The van der Waals surface area contributed by atoms with Gasteiger partial charge in [0.25, 0.3) is 0 Å². The maximum Gasteiger partial charge on any atom is 0.472 e. The number of alkyl carbamates (subject to hydrolysis) is 1. The molecule has 0 aromatic rings. The Bertz CT molecular complexity index is 473. The van der Waals surface area contributed by atoms with Crippen LogP contribution in [0.3, 0.4) is 0 Å².